The van der Waals surface area contributed by atoms with E-state index in [9.17, 15) is 4.79 Å². The van der Waals surface area contributed by atoms with Gasteiger partial charge in [-0.05, 0) is 25.7 Å². The molecule has 1 rings (SSSR count). The molecule has 0 aliphatic carbocycles. The fourth-order valence-corrected chi connectivity index (χ4v) is 2.59. The minimum Gasteiger partial charge on any atom is -0.383 e. The topological polar surface area (TPSA) is 41.6 Å². The molecule has 0 aromatic carbocycles. The molecule has 1 amide bonds. The summed E-state index contributed by atoms with van der Waals surface area (Å²) in [6, 6.07) is 0.163. The number of rotatable bonds is 6. The Labute approximate surface area is 111 Å². The first kappa shape index (κ1) is 15.4. The molecule has 3 atom stereocenters. The molecule has 1 saturated heterocycles. The van der Waals surface area contributed by atoms with Crippen molar-refractivity contribution in [2.75, 3.05) is 13.7 Å². The lowest BCUT2D eigenvalue weighted by Crippen LogP contribution is -2.48. The van der Waals surface area contributed by atoms with Gasteiger partial charge in [0.1, 0.15) is 0 Å². The summed E-state index contributed by atoms with van der Waals surface area (Å²) in [6.07, 6.45) is 1.85. The largest absolute Gasteiger partial charge is 0.383 e. The normalized spacial score (nSPS) is 30.3. The zero-order valence-electron chi connectivity index (χ0n) is 12.6. The minimum atomic E-state index is -0.421. The fraction of sp³-hybridized carbons (Fsp3) is 0.929. The van der Waals surface area contributed by atoms with Crippen LogP contribution in [0.15, 0.2) is 0 Å². The summed E-state index contributed by atoms with van der Waals surface area (Å²) in [5, 5.41) is 3.51. The van der Waals surface area contributed by atoms with Crippen LogP contribution < -0.4 is 5.32 Å². The second-order valence-corrected chi connectivity index (χ2v) is 5.75. The summed E-state index contributed by atoms with van der Waals surface area (Å²) >= 11 is 0. The van der Waals surface area contributed by atoms with E-state index >= 15 is 0 Å². The van der Waals surface area contributed by atoms with Crippen molar-refractivity contribution < 1.29 is 9.53 Å². The molecule has 0 saturated carbocycles. The summed E-state index contributed by atoms with van der Waals surface area (Å²) < 4.78 is 5.26. The van der Waals surface area contributed by atoms with Gasteiger partial charge in [-0.3, -0.25) is 10.1 Å². The van der Waals surface area contributed by atoms with Gasteiger partial charge < -0.3 is 9.64 Å². The van der Waals surface area contributed by atoms with Crippen molar-refractivity contribution in [3.8, 4) is 0 Å². The number of ether oxygens (including phenoxy) is 1. The van der Waals surface area contributed by atoms with Gasteiger partial charge in [0.05, 0.1) is 24.4 Å². The van der Waals surface area contributed by atoms with E-state index in [0.29, 0.717) is 12.5 Å². The van der Waals surface area contributed by atoms with Gasteiger partial charge in [-0.25, -0.2) is 0 Å². The molecule has 3 unspecified atom stereocenters. The molecular formula is C14H28N2O2. The van der Waals surface area contributed by atoms with Crippen molar-refractivity contribution in [3.63, 3.8) is 0 Å². The molecule has 1 heterocycles. The van der Waals surface area contributed by atoms with E-state index in [4.69, 9.17) is 4.74 Å². The van der Waals surface area contributed by atoms with Gasteiger partial charge in [0.25, 0.3) is 0 Å². The van der Waals surface area contributed by atoms with Crippen LogP contribution in [0.25, 0.3) is 0 Å². The van der Waals surface area contributed by atoms with Crippen LogP contribution >= 0.6 is 0 Å². The Morgan fingerprint density at radius 3 is 2.44 bits per heavy atom. The zero-order valence-corrected chi connectivity index (χ0v) is 12.6. The van der Waals surface area contributed by atoms with E-state index in [2.05, 4.69) is 33.0 Å². The summed E-state index contributed by atoms with van der Waals surface area (Å²) in [5.41, 5.74) is -0.421. The maximum absolute atomic E-state index is 12.7. The van der Waals surface area contributed by atoms with E-state index < -0.39 is 5.54 Å². The zero-order chi connectivity index (χ0) is 13.9. The van der Waals surface area contributed by atoms with E-state index in [1.807, 2.05) is 11.8 Å². The van der Waals surface area contributed by atoms with Gasteiger partial charge in [-0.15, -0.1) is 0 Å². The van der Waals surface area contributed by atoms with Crippen LogP contribution in [0, 0.1) is 5.92 Å². The van der Waals surface area contributed by atoms with Gasteiger partial charge in [0, 0.05) is 7.11 Å². The third-order valence-corrected chi connectivity index (χ3v) is 4.03. The molecule has 106 valence electrons. The number of methoxy groups -OCH3 is 1. The van der Waals surface area contributed by atoms with E-state index in [1.165, 1.54) is 0 Å². The number of nitrogens with zero attached hydrogens (tertiary/aromatic N) is 1. The molecule has 1 aliphatic rings. The monoisotopic (exact) mass is 256 g/mol. The highest BCUT2D eigenvalue weighted by Crippen LogP contribution is 2.29. The Bertz CT molecular complexity index is 294. The highest BCUT2D eigenvalue weighted by molar-refractivity contribution is 5.88. The number of hydrogen-bond donors (Lipinski definition) is 1. The molecule has 4 heteroatoms. The molecular weight excluding hydrogens is 228 g/mol. The van der Waals surface area contributed by atoms with Crippen LogP contribution in [0.1, 0.15) is 47.5 Å². The van der Waals surface area contributed by atoms with Crippen molar-refractivity contribution in [1.29, 1.82) is 0 Å². The molecule has 0 aromatic rings. The van der Waals surface area contributed by atoms with Crippen LogP contribution in [-0.2, 0) is 9.53 Å². The van der Waals surface area contributed by atoms with Gasteiger partial charge in [-0.2, -0.15) is 0 Å². The van der Waals surface area contributed by atoms with Crippen molar-refractivity contribution in [3.05, 3.63) is 0 Å². The first-order chi connectivity index (χ1) is 8.41. The lowest BCUT2D eigenvalue weighted by Gasteiger charge is -2.33. The van der Waals surface area contributed by atoms with E-state index in [0.717, 1.165) is 12.8 Å². The quantitative estimate of drug-likeness (QED) is 0.790. The molecule has 0 aromatic heterocycles. The maximum Gasteiger partial charge on any atom is 0.244 e. The smallest absolute Gasteiger partial charge is 0.244 e. The number of amides is 1. The number of carbonyl (C=O) groups excluding carboxylic acids is 1. The Balaban J connectivity index is 3.00. The first-order valence-corrected chi connectivity index (χ1v) is 7.00. The average Bonchev–Trinajstić information content (AvgIpc) is 2.61. The van der Waals surface area contributed by atoms with Gasteiger partial charge in [0.15, 0.2) is 0 Å². The van der Waals surface area contributed by atoms with Crippen molar-refractivity contribution in [1.82, 2.24) is 10.2 Å². The number of hydrogen-bond acceptors (Lipinski definition) is 3. The maximum atomic E-state index is 12.7. The first-order valence-electron chi connectivity index (χ1n) is 7.00. The highest BCUT2D eigenvalue weighted by Gasteiger charge is 2.49. The predicted molar refractivity (Wildman–Crippen MR) is 73.3 cm³/mol. The average molecular weight is 256 g/mol. The third kappa shape index (κ3) is 2.69. The molecule has 1 fully saturated rings. The van der Waals surface area contributed by atoms with Crippen LogP contribution in [0.2, 0.25) is 0 Å². The molecule has 0 bridgehead atoms. The lowest BCUT2D eigenvalue weighted by atomic mass is 9.99. The van der Waals surface area contributed by atoms with Crippen molar-refractivity contribution in [2.24, 2.45) is 5.92 Å². The molecule has 0 spiro atoms. The molecule has 4 nitrogen and oxygen atoms in total. The predicted octanol–water partition coefficient (Wildman–Crippen LogP) is 1.99. The minimum absolute atomic E-state index is 0.113. The Morgan fingerprint density at radius 1 is 1.44 bits per heavy atom. The van der Waals surface area contributed by atoms with E-state index in [-0.39, 0.29) is 18.1 Å². The highest BCUT2D eigenvalue weighted by atomic mass is 16.5. The summed E-state index contributed by atoms with van der Waals surface area (Å²) in [7, 11) is 1.69. The van der Waals surface area contributed by atoms with Crippen LogP contribution in [-0.4, -0.2) is 42.3 Å². The van der Waals surface area contributed by atoms with Crippen molar-refractivity contribution >= 4 is 5.91 Å². The summed E-state index contributed by atoms with van der Waals surface area (Å²) in [4.78, 5) is 14.7. The Morgan fingerprint density at radius 2 is 2.06 bits per heavy atom. The lowest BCUT2D eigenvalue weighted by molar-refractivity contribution is -0.136. The number of nitrogens with one attached hydrogen (secondary N) is 1. The standard InChI is InChI=1S/C14H28N2O2/c1-7-11(9-18-6)16-12(10(3)4)15-14(5,8-2)13(16)17/h10-12,15H,7-9H2,1-6H3. The Hall–Kier alpha value is -0.610. The van der Waals surface area contributed by atoms with Gasteiger partial charge in [0.2, 0.25) is 5.91 Å². The van der Waals surface area contributed by atoms with Crippen molar-refractivity contribution in [2.45, 2.75) is 65.2 Å². The Kier molecular flexibility index (Phi) is 5.17. The third-order valence-electron chi connectivity index (χ3n) is 4.03. The fourth-order valence-electron chi connectivity index (χ4n) is 2.59. The second kappa shape index (κ2) is 6.02. The van der Waals surface area contributed by atoms with E-state index in [1.54, 1.807) is 7.11 Å². The summed E-state index contributed by atoms with van der Waals surface area (Å²) in [5.74, 6) is 0.612. The van der Waals surface area contributed by atoms with Crippen LogP contribution in [0.4, 0.5) is 0 Å². The molecule has 18 heavy (non-hydrogen) atoms. The van der Waals surface area contributed by atoms with Crippen LogP contribution in [0.5, 0.6) is 0 Å². The number of carbonyl (C=O) groups is 1. The SMILES string of the molecule is CCC(COC)N1C(=O)C(C)(CC)NC1C(C)C. The molecule has 0 radical (unpaired) electrons. The molecule has 1 N–H and O–H groups in total. The molecule has 1 aliphatic heterocycles. The van der Waals surface area contributed by atoms with Crippen LogP contribution in [0.3, 0.4) is 0 Å². The second-order valence-electron chi connectivity index (χ2n) is 5.75. The summed E-state index contributed by atoms with van der Waals surface area (Å²) in [6.45, 7) is 11.1. The van der Waals surface area contributed by atoms with Gasteiger partial charge >= 0.3 is 0 Å². The van der Waals surface area contributed by atoms with Gasteiger partial charge in [-0.1, -0.05) is 27.7 Å².